The van der Waals surface area contributed by atoms with E-state index < -0.39 is 0 Å². The third kappa shape index (κ3) is 3.02. The normalized spacial score (nSPS) is 12.7. The van der Waals surface area contributed by atoms with Crippen molar-refractivity contribution in [3.05, 3.63) is 46.0 Å². The first-order valence-corrected chi connectivity index (χ1v) is 7.23. The van der Waals surface area contributed by atoms with Gasteiger partial charge in [0.25, 0.3) is 0 Å². The molecule has 0 fully saturated rings. The summed E-state index contributed by atoms with van der Waals surface area (Å²) in [5.74, 6) is 0. The van der Waals surface area contributed by atoms with Gasteiger partial charge in [-0.1, -0.05) is 24.6 Å². The van der Waals surface area contributed by atoms with Crippen molar-refractivity contribution >= 4 is 11.6 Å². The first-order chi connectivity index (χ1) is 9.56. The van der Waals surface area contributed by atoms with Crippen LogP contribution in [0.4, 0.5) is 0 Å². The lowest BCUT2D eigenvalue weighted by atomic mass is 10.0. The lowest BCUT2D eigenvalue weighted by Crippen LogP contribution is -2.20. The molecule has 0 aliphatic heterocycles. The molecule has 0 bridgehead atoms. The number of hydrogen-bond acceptors (Lipinski definition) is 3. The molecule has 0 aliphatic rings. The van der Waals surface area contributed by atoms with Crippen LogP contribution in [-0.2, 0) is 19.9 Å². The predicted octanol–water partition coefficient (Wildman–Crippen LogP) is 2.84. The van der Waals surface area contributed by atoms with Gasteiger partial charge >= 0.3 is 0 Å². The van der Waals surface area contributed by atoms with Gasteiger partial charge in [-0.3, -0.25) is 9.67 Å². The molecule has 4 nitrogen and oxygen atoms in total. The molecule has 1 atom stereocenters. The van der Waals surface area contributed by atoms with Crippen LogP contribution in [0.25, 0.3) is 0 Å². The highest BCUT2D eigenvalue weighted by Crippen LogP contribution is 2.26. The van der Waals surface area contributed by atoms with E-state index in [9.17, 15) is 0 Å². The second-order valence-corrected chi connectivity index (χ2v) is 5.40. The number of nitrogens with one attached hydrogen (secondary N) is 1. The molecule has 108 valence electrons. The number of aromatic nitrogens is 3. The van der Waals surface area contributed by atoms with E-state index in [4.69, 9.17) is 11.6 Å². The van der Waals surface area contributed by atoms with Crippen molar-refractivity contribution < 1.29 is 0 Å². The first kappa shape index (κ1) is 15.0. The van der Waals surface area contributed by atoms with Crippen LogP contribution in [0.3, 0.4) is 0 Å². The summed E-state index contributed by atoms with van der Waals surface area (Å²) in [4.78, 5) is 4.27. The van der Waals surface area contributed by atoms with Gasteiger partial charge in [-0.2, -0.15) is 5.10 Å². The average molecular weight is 293 g/mol. The van der Waals surface area contributed by atoms with Crippen LogP contribution in [0.5, 0.6) is 0 Å². The van der Waals surface area contributed by atoms with Crippen LogP contribution in [0.15, 0.2) is 18.5 Å². The fraction of sp³-hybridized carbons (Fsp3) is 0.467. The van der Waals surface area contributed by atoms with Gasteiger partial charge in [-0.25, -0.2) is 0 Å². The van der Waals surface area contributed by atoms with Crippen molar-refractivity contribution in [1.29, 1.82) is 0 Å². The number of rotatable bonds is 5. The Morgan fingerprint density at radius 3 is 2.70 bits per heavy atom. The summed E-state index contributed by atoms with van der Waals surface area (Å²) in [6.45, 7) is 4.12. The van der Waals surface area contributed by atoms with Gasteiger partial charge in [0.2, 0.25) is 0 Å². The molecule has 0 saturated heterocycles. The van der Waals surface area contributed by atoms with Crippen LogP contribution in [0.2, 0.25) is 5.02 Å². The number of pyridine rings is 1. The molecule has 2 aromatic rings. The second kappa shape index (κ2) is 6.37. The maximum atomic E-state index is 6.42. The third-order valence-corrected chi connectivity index (χ3v) is 3.98. The average Bonchev–Trinajstić information content (AvgIpc) is 2.71. The van der Waals surface area contributed by atoms with Crippen LogP contribution < -0.4 is 5.32 Å². The fourth-order valence-electron chi connectivity index (χ4n) is 2.39. The topological polar surface area (TPSA) is 42.7 Å². The van der Waals surface area contributed by atoms with Crippen LogP contribution in [-0.4, -0.2) is 21.8 Å². The first-order valence-electron chi connectivity index (χ1n) is 6.85. The summed E-state index contributed by atoms with van der Waals surface area (Å²) in [5, 5.41) is 8.59. The molecule has 1 N–H and O–H groups in total. The van der Waals surface area contributed by atoms with E-state index >= 15 is 0 Å². The Bertz CT molecular complexity index is 592. The molecular weight excluding hydrogens is 272 g/mol. The van der Waals surface area contributed by atoms with E-state index in [2.05, 4.69) is 35.3 Å². The second-order valence-electron chi connectivity index (χ2n) is 5.03. The van der Waals surface area contributed by atoms with Gasteiger partial charge in [0.05, 0.1) is 16.4 Å². The Hall–Kier alpha value is -1.39. The molecule has 0 amide bonds. The number of hydrogen-bond donors (Lipinski definition) is 1. The lowest BCUT2D eigenvalue weighted by Gasteiger charge is -2.17. The molecule has 0 saturated carbocycles. The monoisotopic (exact) mass is 292 g/mol. The molecule has 2 rings (SSSR count). The summed E-state index contributed by atoms with van der Waals surface area (Å²) in [5.41, 5.74) is 4.35. The Morgan fingerprint density at radius 1 is 1.40 bits per heavy atom. The van der Waals surface area contributed by atoms with Crippen molar-refractivity contribution in [2.24, 2.45) is 7.05 Å². The highest BCUT2D eigenvalue weighted by atomic mass is 35.5. The maximum Gasteiger partial charge on any atom is 0.0850 e. The van der Waals surface area contributed by atoms with E-state index in [0.29, 0.717) is 0 Å². The molecule has 20 heavy (non-hydrogen) atoms. The van der Waals surface area contributed by atoms with E-state index in [1.165, 1.54) is 5.56 Å². The van der Waals surface area contributed by atoms with Gasteiger partial charge in [-0.15, -0.1) is 0 Å². The molecule has 2 aromatic heterocycles. The van der Waals surface area contributed by atoms with Gasteiger partial charge in [0, 0.05) is 31.9 Å². The van der Waals surface area contributed by atoms with E-state index in [-0.39, 0.29) is 6.04 Å². The molecule has 0 aliphatic carbocycles. The minimum Gasteiger partial charge on any atom is -0.313 e. The van der Waals surface area contributed by atoms with E-state index in [1.807, 2.05) is 31.2 Å². The number of aryl methyl sites for hydroxylation is 3. The largest absolute Gasteiger partial charge is 0.313 e. The SMILES string of the molecule is CCc1nn(C)c(CC(NC)c2cncc(C)c2)c1Cl. The summed E-state index contributed by atoms with van der Waals surface area (Å²) in [6, 6.07) is 2.33. The number of likely N-dealkylation sites (N-methyl/N-ethyl adjacent to an activating group) is 1. The van der Waals surface area contributed by atoms with Crippen LogP contribution in [0.1, 0.15) is 35.5 Å². The minimum absolute atomic E-state index is 0.181. The molecule has 0 aromatic carbocycles. The minimum atomic E-state index is 0.181. The highest BCUT2D eigenvalue weighted by Gasteiger charge is 2.18. The zero-order valence-corrected chi connectivity index (χ0v) is 13.2. The van der Waals surface area contributed by atoms with Crippen LogP contribution >= 0.6 is 11.6 Å². The van der Waals surface area contributed by atoms with Crippen molar-refractivity contribution in [1.82, 2.24) is 20.1 Å². The van der Waals surface area contributed by atoms with Crippen molar-refractivity contribution in [3.8, 4) is 0 Å². The molecule has 5 heteroatoms. The van der Waals surface area contributed by atoms with Crippen molar-refractivity contribution in [2.45, 2.75) is 32.7 Å². The van der Waals surface area contributed by atoms with Crippen molar-refractivity contribution in [3.63, 3.8) is 0 Å². The van der Waals surface area contributed by atoms with Gasteiger partial charge < -0.3 is 5.32 Å². The summed E-state index contributed by atoms with van der Waals surface area (Å²) < 4.78 is 1.88. The summed E-state index contributed by atoms with van der Waals surface area (Å²) in [6.07, 6.45) is 5.41. The number of nitrogens with zero attached hydrogens (tertiary/aromatic N) is 3. The Morgan fingerprint density at radius 2 is 2.15 bits per heavy atom. The highest BCUT2D eigenvalue weighted by molar-refractivity contribution is 6.31. The van der Waals surface area contributed by atoms with Crippen molar-refractivity contribution in [2.75, 3.05) is 7.05 Å². The maximum absolute atomic E-state index is 6.42. The molecule has 0 spiro atoms. The summed E-state index contributed by atoms with van der Waals surface area (Å²) >= 11 is 6.42. The van der Waals surface area contributed by atoms with Crippen LogP contribution in [0, 0.1) is 6.92 Å². The van der Waals surface area contributed by atoms with Gasteiger partial charge in [0.15, 0.2) is 0 Å². The number of halogens is 1. The third-order valence-electron chi connectivity index (χ3n) is 3.55. The predicted molar refractivity (Wildman–Crippen MR) is 82.1 cm³/mol. The smallest absolute Gasteiger partial charge is 0.0850 e. The van der Waals surface area contributed by atoms with E-state index in [0.717, 1.165) is 34.8 Å². The Balaban J connectivity index is 2.29. The van der Waals surface area contributed by atoms with Gasteiger partial charge in [-0.05, 0) is 31.5 Å². The zero-order chi connectivity index (χ0) is 14.7. The summed E-state index contributed by atoms with van der Waals surface area (Å²) in [7, 11) is 3.90. The van der Waals surface area contributed by atoms with E-state index in [1.54, 1.807) is 0 Å². The molecule has 1 unspecified atom stereocenters. The fourth-order valence-corrected chi connectivity index (χ4v) is 2.76. The molecule has 2 heterocycles. The lowest BCUT2D eigenvalue weighted by molar-refractivity contribution is 0.559. The quantitative estimate of drug-likeness (QED) is 0.921. The Labute approximate surface area is 125 Å². The zero-order valence-electron chi connectivity index (χ0n) is 12.4. The molecular formula is C15H21ClN4. The Kier molecular flexibility index (Phi) is 4.78. The standard InChI is InChI=1S/C15H21ClN4/c1-5-12-15(16)14(20(4)19-12)7-13(17-3)11-6-10(2)8-18-9-11/h6,8-9,13,17H,5,7H2,1-4H3. The van der Waals surface area contributed by atoms with Gasteiger partial charge in [0.1, 0.15) is 0 Å². The molecule has 0 radical (unpaired) electrons.